The Kier molecular flexibility index (Phi) is 6.83. The molecule has 0 saturated heterocycles. The van der Waals surface area contributed by atoms with E-state index in [0.717, 1.165) is 22.6 Å². The predicted octanol–water partition coefficient (Wildman–Crippen LogP) is 5.57. The number of non-ortho nitro benzene ring substituents is 1. The molecule has 1 aliphatic heterocycles. The van der Waals surface area contributed by atoms with E-state index in [1.165, 1.54) is 23.9 Å². The Hall–Kier alpha value is -3.92. The molecule has 0 fully saturated rings. The summed E-state index contributed by atoms with van der Waals surface area (Å²) < 4.78 is 5.59. The van der Waals surface area contributed by atoms with Gasteiger partial charge >= 0.3 is 0 Å². The molecular formula is C28H28N4O5S. The van der Waals surface area contributed by atoms with E-state index in [1.54, 1.807) is 12.1 Å². The summed E-state index contributed by atoms with van der Waals surface area (Å²) in [5.74, 6) is 1.14. The first kappa shape index (κ1) is 25.7. The summed E-state index contributed by atoms with van der Waals surface area (Å²) in [5, 5.41) is 14.7. The summed E-state index contributed by atoms with van der Waals surface area (Å²) in [5.41, 5.74) is 3.05. The van der Waals surface area contributed by atoms with Crippen LogP contribution in [0.3, 0.4) is 0 Å². The number of nitro groups is 1. The van der Waals surface area contributed by atoms with Gasteiger partial charge in [0.1, 0.15) is 11.6 Å². The Morgan fingerprint density at radius 2 is 1.82 bits per heavy atom. The summed E-state index contributed by atoms with van der Waals surface area (Å²) in [6.45, 7) is 6.59. The Bertz CT molecular complexity index is 1490. The number of carbonyl (C=O) groups excluding carboxylic acids is 1. The Labute approximate surface area is 223 Å². The number of aromatic nitrogens is 2. The van der Waals surface area contributed by atoms with Crippen molar-refractivity contribution >= 4 is 29.1 Å². The summed E-state index contributed by atoms with van der Waals surface area (Å²) >= 11 is 1.33. The number of ketones is 1. The number of hydrogen-bond acceptors (Lipinski definition) is 8. The van der Waals surface area contributed by atoms with Gasteiger partial charge in [0.15, 0.2) is 10.9 Å². The second-order valence-electron chi connectivity index (χ2n) is 10.2. The number of allylic oxidation sites excluding steroid dienone is 2. The fourth-order valence-electron chi connectivity index (χ4n) is 5.08. The first-order valence-electron chi connectivity index (χ1n) is 12.4. The van der Waals surface area contributed by atoms with Crippen molar-refractivity contribution < 1.29 is 14.5 Å². The summed E-state index contributed by atoms with van der Waals surface area (Å²) in [4.78, 5) is 45.0. The van der Waals surface area contributed by atoms with E-state index in [-0.39, 0.29) is 22.4 Å². The number of ether oxygens (including phenoxy) is 1. The number of thioether (sulfide) groups is 1. The third kappa shape index (κ3) is 5.08. The quantitative estimate of drug-likeness (QED) is 0.175. The minimum absolute atomic E-state index is 0.0256. The van der Waals surface area contributed by atoms with Crippen molar-refractivity contribution in [2.45, 2.75) is 50.4 Å². The van der Waals surface area contributed by atoms with Crippen LogP contribution in [0.25, 0.3) is 0 Å². The van der Waals surface area contributed by atoms with Crippen molar-refractivity contribution in [1.29, 1.82) is 0 Å². The molecule has 3 aromatic rings. The molecule has 2 N–H and O–H groups in total. The molecule has 0 bridgehead atoms. The lowest BCUT2D eigenvalue weighted by Crippen LogP contribution is -2.37. The molecule has 2 heterocycles. The van der Waals surface area contributed by atoms with Gasteiger partial charge in [-0.1, -0.05) is 49.9 Å². The van der Waals surface area contributed by atoms with E-state index in [0.29, 0.717) is 47.3 Å². The van der Waals surface area contributed by atoms with Crippen LogP contribution in [0.4, 0.5) is 11.5 Å². The number of fused-ring (bicyclic) bond motifs is 1. The zero-order valence-corrected chi connectivity index (χ0v) is 22.2. The highest BCUT2D eigenvalue weighted by Gasteiger charge is 2.42. The number of anilines is 1. The van der Waals surface area contributed by atoms with Gasteiger partial charge in [-0.15, -0.1) is 0 Å². The average molecular weight is 533 g/mol. The van der Waals surface area contributed by atoms with Crippen molar-refractivity contribution in [3.8, 4) is 5.75 Å². The van der Waals surface area contributed by atoms with Gasteiger partial charge in [-0.2, -0.15) is 0 Å². The molecule has 9 nitrogen and oxygen atoms in total. The van der Waals surface area contributed by atoms with Gasteiger partial charge < -0.3 is 15.0 Å². The normalized spacial score (nSPS) is 17.9. The van der Waals surface area contributed by atoms with Crippen molar-refractivity contribution in [3.63, 3.8) is 0 Å². The SMILES string of the molecule is CCOc1ccc([C@@H]2C3=C(CC(C)(C)CC3=O)Nc3nc(SCc4ccc([N+](=O)[O-])cc4)[nH]c(=O)c32)cc1. The van der Waals surface area contributed by atoms with Crippen LogP contribution in [0.5, 0.6) is 5.75 Å². The van der Waals surface area contributed by atoms with E-state index in [9.17, 15) is 19.7 Å². The predicted molar refractivity (Wildman–Crippen MR) is 146 cm³/mol. The van der Waals surface area contributed by atoms with Gasteiger partial charge in [-0.25, -0.2) is 4.98 Å². The van der Waals surface area contributed by atoms with Gasteiger partial charge in [0.2, 0.25) is 0 Å². The lowest BCUT2D eigenvalue weighted by atomic mass is 9.69. The molecule has 5 rings (SSSR count). The highest BCUT2D eigenvalue weighted by molar-refractivity contribution is 7.98. The van der Waals surface area contributed by atoms with E-state index < -0.39 is 10.8 Å². The fraction of sp³-hybridized carbons (Fsp3) is 0.321. The van der Waals surface area contributed by atoms with Crippen LogP contribution in [0.15, 0.2) is 69.8 Å². The maximum absolute atomic E-state index is 13.5. The third-order valence-corrected chi connectivity index (χ3v) is 7.69. The zero-order chi connectivity index (χ0) is 27.0. The minimum Gasteiger partial charge on any atom is -0.494 e. The molecule has 0 saturated carbocycles. The van der Waals surface area contributed by atoms with Crippen molar-refractivity contribution in [2.24, 2.45) is 5.41 Å². The second kappa shape index (κ2) is 10.1. The highest BCUT2D eigenvalue weighted by atomic mass is 32.2. The van der Waals surface area contributed by atoms with Gasteiger partial charge in [-0.3, -0.25) is 19.7 Å². The van der Waals surface area contributed by atoms with Crippen LogP contribution in [0, 0.1) is 15.5 Å². The van der Waals surface area contributed by atoms with E-state index >= 15 is 0 Å². The van der Waals surface area contributed by atoms with E-state index in [4.69, 9.17) is 9.72 Å². The molecule has 196 valence electrons. The van der Waals surface area contributed by atoms with Crippen LogP contribution in [0.2, 0.25) is 0 Å². The van der Waals surface area contributed by atoms with Gasteiger partial charge in [0.05, 0.1) is 17.1 Å². The lowest BCUT2D eigenvalue weighted by Gasteiger charge is -2.38. The molecule has 0 spiro atoms. The van der Waals surface area contributed by atoms with Crippen LogP contribution >= 0.6 is 11.8 Å². The number of Topliss-reactive ketones (excluding diaryl/α,β-unsaturated/α-hetero) is 1. The molecule has 2 aromatic carbocycles. The monoisotopic (exact) mass is 532 g/mol. The topological polar surface area (TPSA) is 127 Å². The van der Waals surface area contributed by atoms with Gasteiger partial charge in [0, 0.05) is 41.5 Å². The zero-order valence-electron chi connectivity index (χ0n) is 21.4. The van der Waals surface area contributed by atoms with Crippen LogP contribution in [-0.4, -0.2) is 27.3 Å². The number of carbonyl (C=O) groups is 1. The fourth-order valence-corrected chi connectivity index (χ4v) is 5.90. The van der Waals surface area contributed by atoms with Gasteiger partial charge in [0.25, 0.3) is 11.2 Å². The van der Waals surface area contributed by atoms with Crippen LogP contribution in [0.1, 0.15) is 56.2 Å². The molecule has 0 amide bonds. The molecule has 1 atom stereocenters. The van der Waals surface area contributed by atoms with E-state index in [2.05, 4.69) is 24.1 Å². The highest BCUT2D eigenvalue weighted by Crippen LogP contribution is 2.47. The first-order valence-corrected chi connectivity index (χ1v) is 13.4. The Morgan fingerprint density at radius 1 is 1.11 bits per heavy atom. The molecule has 10 heteroatoms. The summed E-state index contributed by atoms with van der Waals surface area (Å²) in [6.07, 6.45) is 1.08. The maximum Gasteiger partial charge on any atom is 0.269 e. The number of aromatic amines is 1. The second-order valence-corrected chi connectivity index (χ2v) is 11.2. The molecule has 1 aliphatic carbocycles. The molecule has 2 aliphatic rings. The number of hydrogen-bond donors (Lipinski definition) is 2. The third-order valence-electron chi connectivity index (χ3n) is 6.75. The molecule has 0 unspecified atom stereocenters. The summed E-state index contributed by atoms with van der Waals surface area (Å²) in [6, 6.07) is 13.8. The molecule has 0 radical (unpaired) electrons. The van der Waals surface area contributed by atoms with Crippen LogP contribution < -0.4 is 15.6 Å². The number of nitrogens with zero attached hydrogens (tertiary/aromatic N) is 2. The average Bonchev–Trinajstić information content (AvgIpc) is 2.86. The Balaban J connectivity index is 1.52. The number of benzene rings is 2. The van der Waals surface area contributed by atoms with Gasteiger partial charge in [-0.05, 0) is 42.0 Å². The number of H-pyrrole nitrogens is 1. The molecule has 38 heavy (non-hydrogen) atoms. The smallest absolute Gasteiger partial charge is 0.269 e. The van der Waals surface area contributed by atoms with Crippen molar-refractivity contribution in [3.05, 3.63) is 97.0 Å². The van der Waals surface area contributed by atoms with E-state index in [1.807, 2.05) is 31.2 Å². The molecular weight excluding hydrogens is 504 g/mol. The standard InChI is InChI=1S/C28H28N4O5S/c1-4-37-19-11-7-17(8-12-19)22-23-20(13-28(2,3)14-21(23)33)29-25-24(22)26(34)31-27(30-25)38-15-16-5-9-18(10-6-16)32(35)36/h5-12,22H,4,13-15H2,1-3H3,(H2,29,30,31,34)/t22-/m1/s1. The summed E-state index contributed by atoms with van der Waals surface area (Å²) in [7, 11) is 0. The largest absolute Gasteiger partial charge is 0.494 e. The Morgan fingerprint density at radius 3 is 2.47 bits per heavy atom. The maximum atomic E-state index is 13.5. The van der Waals surface area contributed by atoms with Crippen LogP contribution in [-0.2, 0) is 10.5 Å². The number of rotatable bonds is 7. The minimum atomic E-state index is -0.537. The number of nitro benzene ring substituents is 1. The first-order chi connectivity index (χ1) is 18.1. The van der Waals surface area contributed by atoms with Crippen molar-refractivity contribution in [2.75, 3.05) is 11.9 Å². The number of nitrogens with one attached hydrogen (secondary N) is 2. The van der Waals surface area contributed by atoms with Crippen molar-refractivity contribution in [1.82, 2.24) is 9.97 Å². The molecule has 1 aromatic heterocycles. The lowest BCUT2D eigenvalue weighted by molar-refractivity contribution is -0.384.